The second-order valence-electron chi connectivity index (χ2n) is 3.60. The topological polar surface area (TPSA) is 79.3 Å². The van der Waals surface area contributed by atoms with Crippen molar-refractivity contribution in [3.05, 3.63) is 36.2 Å². The molecule has 1 amide bonds. The van der Waals surface area contributed by atoms with Crippen LogP contribution in [0.2, 0.25) is 0 Å². The maximum Gasteiger partial charge on any atom is 0.308 e. The zero-order chi connectivity index (χ0) is 12.7. The second kappa shape index (κ2) is 6.42. The lowest BCUT2D eigenvalue weighted by atomic mass is 10.2. The molecule has 5 heteroatoms. The van der Waals surface area contributed by atoms with Gasteiger partial charge in [-0.15, -0.1) is 0 Å². The van der Waals surface area contributed by atoms with E-state index >= 15 is 0 Å². The highest BCUT2D eigenvalue weighted by Gasteiger charge is 2.10. The molecule has 5 nitrogen and oxygen atoms in total. The van der Waals surface area contributed by atoms with Crippen LogP contribution < -0.4 is 5.32 Å². The minimum absolute atomic E-state index is 0.117. The molecule has 0 aliphatic heterocycles. The van der Waals surface area contributed by atoms with E-state index in [4.69, 9.17) is 5.11 Å². The minimum atomic E-state index is -0.929. The first-order chi connectivity index (χ1) is 8.09. The average molecular weight is 234 g/mol. The number of aromatic nitrogens is 1. The molecule has 1 rings (SSSR count). The summed E-state index contributed by atoms with van der Waals surface area (Å²) in [7, 11) is 0. The smallest absolute Gasteiger partial charge is 0.308 e. The molecule has 1 heterocycles. The average Bonchev–Trinajstić information content (AvgIpc) is 2.34. The minimum Gasteiger partial charge on any atom is -0.481 e. The fraction of sp³-hybridized carbons (Fsp3) is 0.250. The Bertz CT molecular complexity index is 415. The first-order valence-corrected chi connectivity index (χ1v) is 5.18. The van der Waals surface area contributed by atoms with Gasteiger partial charge in [-0.05, 0) is 17.7 Å². The Labute approximate surface area is 99.2 Å². The molecule has 0 spiro atoms. The van der Waals surface area contributed by atoms with E-state index in [0.717, 1.165) is 5.56 Å². The SMILES string of the molecule is CC(CNC(=O)C=Cc1cccnc1)C(=O)O. The van der Waals surface area contributed by atoms with Crippen molar-refractivity contribution in [3.63, 3.8) is 0 Å². The Morgan fingerprint density at radius 1 is 1.59 bits per heavy atom. The number of carboxylic acid groups (broad SMARTS) is 1. The molecule has 0 aliphatic rings. The van der Waals surface area contributed by atoms with Crippen LogP contribution in [0.15, 0.2) is 30.6 Å². The number of hydrogen-bond acceptors (Lipinski definition) is 3. The number of aliphatic carboxylic acids is 1. The van der Waals surface area contributed by atoms with Gasteiger partial charge in [0.05, 0.1) is 5.92 Å². The predicted molar refractivity (Wildman–Crippen MR) is 63.1 cm³/mol. The zero-order valence-corrected chi connectivity index (χ0v) is 9.46. The normalized spacial score (nSPS) is 12.3. The molecule has 0 saturated carbocycles. The van der Waals surface area contributed by atoms with Crippen molar-refractivity contribution in [2.75, 3.05) is 6.54 Å². The van der Waals surface area contributed by atoms with E-state index in [0.29, 0.717) is 0 Å². The lowest BCUT2D eigenvalue weighted by Gasteiger charge is -2.05. The highest BCUT2D eigenvalue weighted by molar-refractivity contribution is 5.91. The van der Waals surface area contributed by atoms with Gasteiger partial charge in [0, 0.05) is 25.0 Å². The molecule has 2 N–H and O–H groups in total. The molecule has 0 bridgehead atoms. The van der Waals surface area contributed by atoms with Crippen molar-refractivity contribution in [2.24, 2.45) is 5.92 Å². The molecule has 90 valence electrons. The van der Waals surface area contributed by atoms with E-state index < -0.39 is 11.9 Å². The number of carboxylic acids is 1. The van der Waals surface area contributed by atoms with Crippen LogP contribution in [0, 0.1) is 5.92 Å². The van der Waals surface area contributed by atoms with Gasteiger partial charge < -0.3 is 10.4 Å². The van der Waals surface area contributed by atoms with E-state index in [2.05, 4.69) is 10.3 Å². The van der Waals surface area contributed by atoms with Crippen molar-refractivity contribution in [1.82, 2.24) is 10.3 Å². The Morgan fingerprint density at radius 2 is 2.35 bits per heavy atom. The van der Waals surface area contributed by atoms with Gasteiger partial charge in [0.2, 0.25) is 5.91 Å². The first kappa shape index (κ1) is 12.9. The van der Waals surface area contributed by atoms with Crippen molar-refractivity contribution < 1.29 is 14.7 Å². The predicted octanol–water partition coefficient (Wildman–Crippen LogP) is 0.932. The molecule has 17 heavy (non-hydrogen) atoms. The van der Waals surface area contributed by atoms with Gasteiger partial charge in [0.1, 0.15) is 0 Å². The summed E-state index contributed by atoms with van der Waals surface area (Å²) in [6.45, 7) is 1.65. The molecule has 0 saturated heterocycles. The monoisotopic (exact) mass is 234 g/mol. The number of hydrogen-bond donors (Lipinski definition) is 2. The van der Waals surface area contributed by atoms with Gasteiger partial charge >= 0.3 is 5.97 Å². The molecule has 0 radical (unpaired) electrons. The third kappa shape index (κ3) is 4.92. The second-order valence-corrected chi connectivity index (χ2v) is 3.60. The van der Waals surface area contributed by atoms with Gasteiger partial charge in [0.25, 0.3) is 0 Å². The van der Waals surface area contributed by atoms with Crippen molar-refractivity contribution in [3.8, 4) is 0 Å². The fourth-order valence-electron chi connectivity index (χ4n) is 1.05. The standard InChI is InChI=1S/C12H14N2O3/c1-9(12(16)17)7-14-11(15)5-4-10-3-2-6-13-8-10/h2-6,8-9H,7H2,1H3,(H,14,15)(H,16,17). The molecule has 1 aromatic rings. The van der Waals surface area contributed by atoms with Crippen LogP contribution in [0.25, 0.3) is 6.08 Å². The lowest BCUT2D eigenvalue weighted by Crippen LogP contribution is -2.30. The summed E-state index contributed by atoms with van der Waals surface area (Å²) < 4.78 is 0. The lowest BCUT2D eigenvalue weighted by molar-refractivity contribution is -0.141. The molecule has 1 aromatic heterocycles. The van der Waals surface area contributed by atoms with Crippen molar-refractivity contribution in [2.45, 2.75) is 6.92 Å². The van der Waals surface area contributed by atoms with Crippen molar-refractivity contribution >= 4 is 18.0 Å². The van der Waals surface area contributed by atoms with Crippen LogP contribution in [0.4, 0.5) is 0 Å². The highest BCUT2D eigenvalue weighted by Crippen LogP contribution is 1.98. The number of rotatable bonds is 5. The van der Waals surface area contributed by atoms with E-state index in [-0.39, 0.29) is 12.5 Å². The Kier molecular flexibility index (Phi) is 4.87. The van der Waals surface area contributed by atoms with E-state index in [1.165, 1.54) is 13.0 Å². The van der Waals surface area contributed by atoms with E-state index in [9.17, 15) is 9.59 Å². The largest absolute Gasteiger partial charge is 0.481 e. The summed E-state index contributed by atoms with van der Waals surface area (Å²) in [5, 5.41) is 11.1. The van der Waals surface area contributed by atoms with Gasteiger partial charge in [-0.3, -0.25) is 14.6 Å². The summed E-state index contributed by atoms with van der Waals surface area (Å²) in [6.07, 6.45) is 6.24. The molecular weight excluding hydrogens is 220 g/mol. The Morgan fingerprint density at radius 3 is 2.94 bits per heavy atom. The molecule has 0 aromatic carbocycles. The van der Waals surface area contributed by atoms with Gasteiger partial charge in [-0.1, -0.05) is 13.0 Å². The van der Waals surface area contributed by atoms with Gasteiger partial charge in [-0.25, -0.2) is 0 Å². The number of nitrogens with zero attached hydrogens (tertiary/aromatic N) is 1. The summed E-state index contributed by atoms with van der Waals surface area (Å²) >= 11 is 0. The number of amides is 1. The maximum atomic E-state index is 11.3. The summed E-state index contributed by atoms with van der Waals surface area (Å²) in [4.78, 5) is 25.7. The summed E-state index contributed by atoms with van der Waals surface area (Å²) in [5.41, 5.74) is 0.814. The van der Waals surface area contributed by atoms with Crippen LogP contribution in [-0.2, 0) is 9.59 Å². The number of carbonyl (C=O) groups is 2. The Hall–Kier alpha value is -2.17. The summed E-state index contributed by atoms with van der Waals surface area (Å²) in [5.74, 6) is -1.84. The summed E-state index contributed by atoms with van der Waals surface area (Å²) in [6, 6.07) is 3.58. The number of carbonyl (C=O) groups excluding carboxylic acids is 1. The Balaban J connectivity index is 2.40. The van der Waals surface area contributed by atoms with Crippen LogP contribution in [0.5, 0.6) is 0 Å². The van der Waals surface area contributed by atoms with Crippen LogP contribution in [0.1, 0.15) is 12.5 Å². The van der Waals surface area contributed by atoms with Gasteiger partial charge in [-0.2, -0.15) is 0 Å². The van der Waals surface area contributed by atoms with Crippen LogP contribution in [-0.4, -0.2) is 28.5 Å². The quantitative estimate of drug-likeness (QED) is 0.743. The van der Waals surface area contributed by atoms with E-state index in [1.807, 2.05) is 6.07 Å². The van der Waals surface area contributed by atoms with Crippen molar-refractivity contribution in [1.29, 1.82) is 0 Å². The zero-order valence-electron chi connectivity index (χ0n) is 9.46. The molecule has 1 atom stereocenters. The van der Waals surface area contributed by atoms with Crippen LogP contribution in [0.3, 0.4) is 0 Å². The first-order valence-electron chi connectivity index (χ1n) is 5.18. The number of pyridine rings is 1. The van der Waals surface area contributed by atoms with Gasteiger partial charge in [0.15, 0.2) is 0 Å². The maximum absolute atomic E-state index is 11.3. The molecule has 0 fully saturated rings. The molecule has 0 aliphatic carbocycles. The molecular formula is C12H14N2O3. The fourth-order valence-corrected chi connectivity index (χ4v) is 1.05. The molecule has 1 unspecified atom stereocenters. The van der Waals surface area contributed by atoms with E-state index in [1.54, 1.807) is 24.5 Å². The highest BCUT2D eigenvalue weighted by atomic mass is 16.4. The third-order valence-electron chi connectivity index (χ3n) is 2.12. The van der Waals surface area contributed by atoms with Crippen LogP contribution >= 0.6 is 0 Å². The third-order valence-corrected chi connectivity index (χ3v) is 2.12. The number of nitrogens with one attached hydrogen (secondary N) is 1.